The van der Waals surface area contributed by atoms with E-state index in [4.69, 9.17) is 4.74 Å². The van der Waals surface area contributed by atoms with Gasteiger partial charge in [-0.2, -0.15) is 0 Å². The second kappa shape index (κ2) is 6.67. The molecule has 25 heavy (non-hydrogen) atoms. The van der Waals surface area contributed by atoms with E-state index in [1.807, 2.05) is 39.0 Å². The van der Waals surface area contributed by atoms with Crippen molar-refractivity contribution < 1.29 is 14.3 Å². The van der Waals surface area contributed by atoms with E-state index in [0.717, 1.165) is 16.7 Å². The molecule has 5 nitrogen and oxygen atoms in total. The Morgan fingerprint density at radius 1 is 1.32 bits per heavy atom. The Hall–Kier alpha value is -2.69. The first-order valence-corrected chi connectivity index (χ1v) is 8.48. The third-order valence-electron chi connectivity index (χ3n) is 4.69. The zero-order valence-corrected chi connectivity index (χ0v) is 14.9. The second-order valence-corrected chi connectivity index (χ2v) is 6.40. The monoisotopic (exact) mass is 338 g/mol. The average Bonchev–Trinajstić information content (AvgIpc) is 2.88. The fraction of sp³-hybridized carbons (Fsp3) is 0.350. The molecular weight excluding hydrogens is 316 g/mol. The highest BCUT2D eigenvalue weighted by Gasteiger charge is 2.42. The zero-order valence-electron chi connectivity index (χ0n) is 14.9. The van der Waals surface area contributed by atoms with Gasteiger partial charge in [-0.25, -0.2) is 0 Å². The number of carbonyl (C=O) groups excluding carboxylic acids is 2. The number of rotatable bonds is 4. The number of pyridine rings is 1. The number of aromatic nitrogens is 1. The van der Waals surface area contributed by atoms with Crippen molar-refractivity contribution in [1.82, 2.24) is 4.98 Å². The molecule has 1 aromatic carbocycles. The fourth-order valence-corrected chi connectivity index (χ4v) is 3.26. The lowest BCUT2D eigenvalue weighted by Gasteiger charge is -2.29. The summed E-state index contributed by atoms with van der Waals surface area (Å²) in [5.74, 6) is -0.362. The number of aryl methyl sites for hydroxylation is 2. The van der Waals surface area contributed by atoms with Gasteiger partial charge in [0.05, 0.1) is 17.9 Å². The average molecular weight is 338 g/mol. The molecule has 1 amide bonds. The van der Waals surface area contributed by atoms with E-state index < -0.39 is 6.10 Å². The summed E-state index contributed by atoms with van der Waals surface area (Å²) in [6.07, 6.45) is 3.17. The van der Waals surface area contributed by atoms with Crippen LogP contribution in [-0.2, 0) is 9.53 Å². The largest absolute Gasteiger partial charge is 0.460 e. The van der Waals surface area contributed by atoms with Gasteiger partial charge in [0.15, 0.2) is 0 Å². The lowest BCUT2D eigenvalue weighted by atomic mass is 9.96. The number of anilines is 1. The van der Waals surface area contributed by atoms with Gasteiger partial charge in [0.1, 0.15) is 6.10 Å². The quantitative estimate of drug-likeness (QED) is 0.797. The summed E-state index contributed by atoms with van der Waals surface area (Å²) in [7, 11) is 0. The van der Waals surface area contributed by atoms with Gasteiger partial charge in [-0.15, -0.1) is 0 Å². The van der Waals surface area contributed by atoms with E-state index in [-0.39, 0.29) is 17.9 Å². The molecule has 0 bridgehead atoms. The predicted molar refractivity (Wildman–Crippen MR) is 95.5 cm³/mol. The summed E-state index contributed by atoms with van der Waals surface area (Å²) in [5.41, 5.74) is 4.43. The van der Waals surface area contributed by atoms with E-state index in [1.54, 1.807) is 30.3 Å². The number of hydrogen-bond donors (Lipinski definition) is 0. The van der Waals surface area contributed by atoms with Crippen molar-refractivity contribution in [3.63, 3.8) is 0 Å². The minimum atomic E-state index is -0.458. The Morgan fingerprint density at radius 3 is 2.68 bits per heavy atom. The summed E-state index contributed by atoms with van der Waals surface area (Å²) in [6, 6.07) is 7.23. The zero-order chi connectivity index (χ0) is 18.1. The molecular formula is C20H22N2O3. The van der Waals surface area contributed by atoms with Gasteiger partial charge in [0, 0.05) is 18.2 Å². The molecule has 0 N–H and O–H groups in total. The smallest absolute Gasteiger partial charge is 0.305 e. The van der Waals surface area contributed by atoms with E-state index in [1.165, 1.54) is 0 Å². The van der Waals surface area contributed by atoms with Gasteiger partial charge in [-0.3, -0.25) is 19.5 Å². The fourth-order valence-electron chi connectivity index (χ4n) is 3.26. The van der Waals surface area contributed by atoms with Crippen LogP contribution in [0.5, 0.6) is 0 Å². The van der Waals surface area contributed by atoms with Crippen LogP contribution < -0.4 is 4.90 Å². The number of fused-ring (bicyclic) bond motifs is 1. The topological polar surface area (TPSA) is 59.5 Å². The maximum Gasteiger partial charge on any atom is 0.305 e. The SMILES string of the molecule is CCC(=O)OC(C)C1c2cc(C)c(C)cc2C(=O)N1c1cccnc1. The molecule has 5 heteroatoms. The number of hydrogen-bond acceptors (Lipinski definition) is 4. The van der Waals surface area contributed by atoms with Crippen LogP contribution in [0.1, 0.15) is 53.4 Å². The molecule has 0 fully saturated rings. The van der Waals surface area contributed by atoms with Crippen LogP contribution >= 0.6 is 0 Å². The van der Waals surface area contributed by atoms with Gasteiger partial charge >= 0.3 is 5.97 Å². The summed E-state index contributed by atoms with van der Waals surface area (Å²) in [5, 5.41) is 0. The van der Waals surface area contributed by atoms with E-state index in [2.05, 4.69) is 4.98 Å². The van der Waals surface area contributed by atoms with E-state index in [0.29, 0.717) is 17.7 Å². The molecule has 2 unspecified atom stereocenters. The highest BCUT2D eigenvalue weighted by atomic mass is 16.5. The first-order chi connectivity index (χ1) is 11.9. The standard InChI is InChI=1S/C20H22N2O3/c1-5-18(23)25-14(4)19-16-9-12(2)13(3)10-17(16)20(24)22(19)15-7-6-8-21-11-15/h6-11,14,19H,5H2,1-4H3. The Bertz CT molecular complexity index is 817. The van der Waals surface area contributed by atoms with Crippen LogP contribution in [0, 0.1) is 13.8 Å². The molecule has 0 spiro atoms. The normalized spacial score (nSPS) is 17.4. The number of ether oxygens (including phenoxy) is 1. The Morgan fingerprint density at radius 2 is 2.04 bits per heavy atom. The first kappa shape index (κ1) is 17.1. The van der Waals surface area contributed by atoms with Crippen LogP contribution in [0.25, 0.3) is 0 Å². The van der Waals surface area contributed by atoms with Crippen molar-refractivity contribution in [3.8, 4) is 0 Å². The van der Waals surface area contributed by atoms with Crippen molar-refractivity contribution in [1.29, 1.82) is 0 Å². The van der Waals surface area contributed by atoms with Crippen molar-refractivity contribution in [2.45, 2.75) is 46.3 Å². The van der Waals surface area contributed by atoms with Crippen LogP contribution in [0.2, 0.25) is 0 Å². The lowest BCUT2D eigenvalue weighted by molar-refractivity contribution is -0.148. The molecule has 1 aromatic heterocycles. The number of amides is 1. The van der Waals surface area contributed by atoms with Crippen LogP contribution in [0.15, 0.2) is 36.7 Å². The molecule has 1 aliphatic rings. The summed E-state index contributed by atoms with van der Waals surface area (Å²) < 4.78 is 5.56. The molecule has 2 aromatic rings. The van der Waals surface area contributed by atoms with E-state index >= 15 is 0 Å². The Kier molecular flexibility index (Phi) is 4.57. The third-order valence-corrected chi connectivity index (χ3v) is 4.69. The van der Waals surface area contributed by atoms with E-state index in [9.17, 15) is 9.59 Å². The van der Waals surface area contributed by atoms with Crippen molar-refractivity contribution in [2.75, 3.05) is 4.90 Å². The number of nitrogens with zero attached hydrogens (tertiary/aromatic N) is 2. The highest BCUT2D eigenvalue weighted by Crippen LogP contribution is 2.41. The summed E-state index contributed by atoms with van der Waals surface area (Å²) >= 11 is 0. The minimum Gasteiger partial charge on any atom is -0.460 e. The van der Waals surface area contributed by atoms with Gasteiger partial charge in [0.25, 0.3) is 5.91 Å². The molecule has 1 aliphatic heterocycles. The summed E-state index contributed by atoms with van der Waals surface area (Å²) in [6.45, 7) is 7.60. The second-order valence-electron chi connectivity index (χ2n) is 6.40. The van der Waals surface area contributed by atoms with Crippen LogP contribution in [0.3, 0.4) is 0 Å². The molecule has 3 rings (SSSR count). The molecule has 0 saturated carbocycles. The molecule has 0 aliphatic carbocycles. The van der Waals surface area contributed by atoms with Crippen LogP contribution in [0.4, 0.5) is 5.69 Å². The third kappa shape index (κ3) is 3.02. The molecule has 2 atom stereocenters. The minimum absolute atomic E-state index is 0.0875. The number of carbonyl (C=O) groups is 2. The van der Waals surface area contributed by atoms with Gasteiger partial charge in [-0.05, 0) is 55.7 Å². The molecule has 2 heterocycles. The Labute approximate surface area is 147 Å². The van der Waals surface area contributed by atoms with Gasteiger partial charge < -0.3 is 4.74 Å². The maximum absolute atomic E-state index is 13.1. The van der Waals surface area contributed by atoms with Gasteiger partial charge in [0.2, 0.25) is 0 Å². The van der Waals surface area contributed by atoms with Crippen molar-refractivity contribution >= 4 is 17.6 Å². The summed E-state index contributed by atoms with van der Waals surface area (Å²) in [4.78, 5) is 30.7. The van der Waals surface area contributed by atoms with Gasteiger partial charge in [-0.1, -0.05) is 13.0 Å². The molecule has 0 radical (unpaired) electrons. The predicted octanol–water partition coefficient (Wildman–Crippen LogP) is 3.74. The van der Waals surface area contributed by atoms with Crippen molar-refractivity contribution in [2.24, 2.45) is 0 Å². The first-order valence-electron chi connectivity index (χ1n) is 8.48. The molecule has 130 valence electrons. The molecule has 0 saturated heterocycles. The highest BCUT2D eigenvalue weighted by molar-refractivity contribution is 6.11. The Balaban J connectivity index is 2.11. The number of benzene rings is 1. The number of esters is 1. The maximum atomic E-state index is 13.1. The van der Waals surface area contributed by atoms with Crippen LogP contribution in [-0.4, -0.2) is 23.0 Å². The van der Waals surface area contributed by atoms with Crippen molar-refractivity contribution in [3.05, 3.63) is 58.9 Å². The lowest BCUT2D eigenvalue weighted by Crippen LogP contribution is -2.36.